The predicted molar refractivity (Wildman–Crippen MR) is 207 cm³/mol. The highest BCUT2D eigenvalue weighted by molar-refractivity contribution is 7.23. The molecule has 7 heteroatoms. The summed E-state index contributed by atoms with van der Waals surface area (Å²) < 4.78 is 5.55. The molecule has 0 amide bonds. The smallest absolute Gasteiger partial charge is 0.235 e. The zero-order chi connectivity index (χ0) is 33.1. The number of fused-ring (bicyclic) bond motifs is 7. The number of aromatic nitrogens is 5. The van der Waals surface area contributed by atoms with E-state index >= 15 is 0 Å². The van der Waals surface area contributed by atoms with Gasteiger partial charge in [0.15, 0.2) is 4.96 Å². The quantitative estimate of drug-likeness (QED) is 0.166. The van der Waals surface area contributed by atoms with E-state index in [0.717, 1.165) is 81.7 Å². The van der Waals surface area contributed by atoms with Crippen molar-refractivity contribution in [1.29, 1.82) is 0 Å². The lowest BCUT2D eigenvalue weighted by Crippen LogP contribution is -2.04. The molecule has 0 saturated carbocycles. The Morgan fingerprint density at radius 1 is 0.735 bits per heavy atom. The first-order valence-electron chi connectivity index (χ1n) is 16.1. The molecule has 0 atom stereocenters. The maximum absolute atomic E-state index is 6.51. The van der Waals surface area contributed by atoms with Crippen LogP contribution in [0.1, 0.15) is 12.6 Å². The fourth-order valence-corrected chi connectivity index (χ4v) is 7.94. The maximum atomic E-state index is 6.51. The Hall–Kier alpha value is -5.82. The summed E-state index contributed by atoms with van der Waals surface area (Å²) in [5, 5.41) is 3.90. The minimum absolute atomic E-state index is 0.608. The molecule has 0 N–H and O–H groups in total. The highest BCUT2D eigenvalue weighted by atomic mass is 35.5. The van der Waals surface area contributed by atoms with Gasteiger partial charge in [0.25, 0.3) is 0 Å². The molecular formula is C42H28ClN5S. The van der Waals surface area contributed by atoms with Gasteiger partial charge in [-0.05, 0) is 49.4 Å². The van der Waals surface area contributed by atoms with Gasteiger partial charge in [0, 0.05) is 37.9 Å². The van der Waals surface area contributed by atoms with Crippen molar-refractivity contribution in [1.82, 2.24) is 23.9 Å². The van der Waals surface area contributed by atoms with Gasteiger partial charge in [0.2, 0.25) is 5.95 Å². The monoisotopic (exact) mass is 669 g/mol. The van der Waals surface area contributed by atoms with E-state index in [1.165, 1.54) is 0 Å². The van der Waals surface area contributed by atoms with Crippen molar-refractivity contribution in [3.63, 3.8) is 0 Å². The van der Waals surface area contributed by atoms with Crippen LogP contribution < -0.4 is 0 Å². The number of nitrogens with zero attached hydrogens (tertiary/aromatic N) is 5. The Morgan fingerprint density at radius 2 is 1.51 bits per heavy atom. The molecule has 0 spiro atoms. The van der Waals surface area contributed by atoms with E-state index in [2.05, 4.69) is 94.4 Å². The van der Waals surface area contributed by atoms with Crippen LogP contribution in [-0.4, -0.2) is 23.9 Å². The highest BCUT2D eigenvalue weighted by Gasteiger charge is 2.22. The van der Waals surface area contributed by atoms with Crippen molar-refractivity contribution in [3.8, 4) is 28.5 Å². The summed E-state index contributed by atoms with van der Waals surface area (Å²) in [5.74, 6) is 0.608. The zero-order valence-electron chi connectivity index (χ0n) is 26.5. The van der Waals surface area contributed by atoms with Crippen LogP contribution in [0.2, 0.25) is 5.02 Å². The zero-order valence-corrected chi connectivity index (χ0v) is 28.1. The van der Waals surface area contributed by atoms with E-state index in [9.17, 15) is 0 Å². The third-order valence-electron chi connectivity index (χ3n) is 8.96. The number of rotatable bonds is 6. The van der Waals surface area contributed by atoms with Crippen molar-refractivity contribution in [3.05, 3.63) is 157 Å². The molecule has 0 aliphatic rings. The average molecular weight is 670 g/mol. The Morgan fingerprint density at radius 3 is 2.35 bits per heavy atom. The molecule has 4 aromatic heterocycles. The molecule has 4 heterocycles. The SMILES string of the molecule is C=C/C(=C\C=C/C)c1nc(-n2c3ccccc3c3cc(-c4nc5sc6ccc(Cl)cc6n5c4-c4ccccc4)ccc32)nc2ccccc12. The molecule has 234 valence electrons. The molecule has 0 aliphatic carbocycles. The molecule has 0 saturated heterocycles. The first kappa shape index (κ1) is 29.3. The minimum Gasteiger partial charge on any atom is -0.282 e. The van der Waals surface area contributed by atoms with Crippen LogP contribution in [0.3, 0.4) is 0 Å². The summed E-state index contributed by atoms with van der Waals surface area (Å²) in [5.41, 5.74) is 9.83. The van der Waals surface area contributed by atoms with Gasteiger partial charge in [-0.1, -0.05) is 127 Å². The van der Waals surface area contributed by atoms with Crippen LogP contribution >= 0.6 is 22.9 Å². The maximum Gasteiger partial charge on any atom is 0.235 e. The van der Waals surface area contributed by atoms with Crippen LogP contribution in [0.25, 0.3) is 81.9 Å². The third-order valence-corrected chi connectivity index (χ3v) is 10.2. The molecule has 5 aromatic carbocycles. The van der Waals surface area contributed by atoms with Gasteiger partial charge in [-0.15, -0.1) is 0 Å². The first-order valence-corrected chi connectivity index (χ1v) is 17.2. The molecule has 9 rings (SSSR count). The summed E-state index contributed by atoms with van der Waals surface area (Å²) in [4.78, 5) is 16.5. The predicted octanol–water partition coefficient (Wildman–Crippen LogP) is 11.7. The molecular weight excluding hydrogens is 642 g/mol. The van der Waals surface area contributed by atoms with E-state index in [1.54, 1.807) is 11.3 Å². The van der Waals surface area contributed by atoms with Gasteiger partial charge in [0.05, 0.1) is 43.8 Å². The Labute approximate surface area is 291 Å². The molecule has 0 unspecified atom stereocenters. The molecule has 9 aromatic rings. The number of halogens is 1. The Bertz CT molecular complexity index is 2820. The van der Waals surface area contributed by atoms with Gasteiger partial charge in [-0.25, -0.2) is 15.0 Å². The number of para-hydroxylation sites is 2. The van der Waals surface area contributed by atoms with E-state index < -0.39 is 0 Å². The third kappa shape index (κ3) is 4.71. The lowest BCUT2D eigenvalue weighted by Gasteiger charge is -2.12. The van der Waals surface area contributed by atoms with Gasteiger partial charge >= 0.3 is 0 Å². The van der Waals surface area contributed by atoms with Gasteiger partial charge < -0.3 is 0 Å². The van der Waals surface area contributed by atoms with Crippen LogP contribution in [0.4, 0.5) is 0 Å². The fourth-order valence-electron chi connectivity index (χ4n) is 6.77. The van der Waals surface area contributed by atoms with Gasteiger partial charge in [-0.2, -0.15) is 0 Å². The van der Waals surface area contributed by atoms with Crippen molar-refractivity contribution in [2.75, 3.05) is 0 Å². The summed E-state index contributed by atoms with van der Waals surface area (Å²) in [7, 11) is 0. The highest BCUT2D eigenvalue weighted by Crippen LogP contribution is 2.41. The number of hydrogen-bond donors (Lipinski definition) is 0. The molecule has 0 radical (unpaired) electrons. The lowest BCUT2D eigenvalue weighted by atomic mass is 10.0. The number of benzene rings is 5. The number of thiazole rings is 1. The van der Waals surface area contributed by atoms with Crippen LogP contribution in [0.5, 0.6) is 0 Å². The van der Waals surface area contributed by atoms with Crippen molar-refractivity contribution < 1.29 is 0 Å². The van der Waals surface area contributed by atoms with Crippen molar-refractivity contribution in [2.45, 2.75) is 6.92 Å². The Kier molecular flexibility index (Phi) is 7.00. The lowest BCUT2D eigenvalue weighted by molar-refractivity contribution is 1.00. The molecule has 0 aliphatic heterocycles. The molecule has 0 fully saturated rings. The number of hydrogen-bond acceptors (Lipinski definition) is 4. The van der Waals surface area contributed by atoms with Crippen molar-refractivity contribution in [2.24, 2.45) is 0 Å². The number of imidazole rings is 1. The average Bonchev–Trinajstić information content (AvgIpc) is 3.80. The Balaban J connectivity index is 1.31. The van der Waals surface area contributed by atoms with Crippen LogP contribution in [-0.2, 0) is 0 Å². The normalized spacial score (nSPS) is 12.4. The minimum atomic E-state index is 0.608. The fraction of sp³-hybridized carbons (Fsp3) is 0.0238. The standard InChI is InChI=1S/C42H28ClN5S/c1-3-5-13-26(4-2)38-31-17-9-11-18-33(31)44-41(45-38)47-34-19-12-10-16-30(34)32-24-28(20-22-35(32)47)39-40(27-14-7-6-8-15-27)48-36-25-29(43)21-23-37(36)49-42(48)46-39/h3-25H,2H2,1H3/b5-3-,26-13+. The summed E-state index contributed by atoms with van der Waals surface area (Å²) in [6.07, 6.45) is 7.91. The summed E-state index contributed by atoms with van der Waals surface area (Å²) >= 11 is 8.18. The van der Waals surface area contributed by atoms with E-state index in [4.69, 9.17) is 26.6 Å². The van der Waals surface area contributed by atoms with Gasteiger partial charge in [0.1, 0.15) is 0 Å². The first-order chi connectivity index (χ1) is 24.1. The van der Waals surface area contributed by atoms with Gasteiger partial charge in [-0.3, -0.25) is 8.97 Å². The molecule has 0 bridgehead atoms. The number of allylic oxidation sites excluding steroid dienone is 5. The molecule has 49 heavy (non-hydrogen) atoms. The van der Waals surface area contributed by atoms with Crippen LogP contribution in [0.15, 0.2) is 146 Å². The second kappa shape index (κ2) is 11.7. The largest absolute Gasteiger partial charge is 0.282 e. The topological polar surface area (TPSA) is 48.0 Å². The summed E-state index contributed by atoms with van der Waals surface area (Å²) in [6.45, 7) is 6.11. The van der Waals surface area contributed by atoms with E-state index in [-0.39, 0.29) is 0 Å². The van der Waals surface area contributed by atoms with Crippen molar-refractivity contribution >= 4 is 76.4 Å². The van der Waals surface area contributed by atoms with Crippen LogP contribution in [0, 0.1) is 0 Å². The van der Waals surface area contributed by atoms with E-state index in [1.807, 2.05) is 67.6 Å². The summed E-state index contributed by atoms with van der Waals surface area (Å²) in [6, 6.07) is 39.7. The second-order valence-corrected chi connectivity index (χ2v) is 13.3. The molecule has 5 nitrogen and oxygen atoms in total. The van der Waals surface area contributed by atoms with E-state index in [0.29, 0.717) is 11.0 Å². The second-order valence-electron chi connectivity index (χ2n) is 11.8.